The maximum atomic E-state index is 9.27. The highest BCUT2D eigenvalue weighted by molar-refractivity contribution is 4.99. The summed E-state index contributed by atoms with van der Waals surface area (Å²) < 4.78 is 2.20. The Hall–Kier alpha value is -0.870. The molecule has 1 aromatic rings. The van der Waals surface area contributed by atoms with Crippen LogP contribution >= 0.6 is 0 Å². The van der Waals surface area contributed by atoms with Gasteiger partial charge >= 0.3 is 0 Å². The number of hydrogen-bond donors (Lipinski definition) is 2. The molecular weight excluding hydrogens is 214 g/mol. The number of hydrogen-bond acceptors (Lipinski definition) is 3. The molecule has 1 aliphatic carbocycles. The molecule has 4 heteroatoms. The lowest BCUT2D eigenvalue weighted by molar-refractivity contribution is 0.204. The summed E-state index contributed by atoms with van der Waals surface area (Å²) in [6, 6.07) is 0.477. The van der Waals surface area contributed by atoms with Crippen molar-refractivity contribution < 1.29 is 5.11 Å². The quantitative estimate of drug-likeness (QED) is 0.789. The lowest BCUT2D eigenvalue weighted by Crippen LogP contribution is -2.34. The Morgan fingerprint density at radius 2 is 2.41 bits per heavy atom. The van der Waals surface area contributed by atoms with Crippen LogP contribution in [0.4, 0.5) is 0 Å². The molecular formula is C13H23N3O. The number of aliphatic hydroxyl groups excluding tert-OH is 1. The number of imidazole rings is 1. The summed E-state index contributed by atoms with van der Waals surface area (Å²) in [5.41, 5.74) is 1.25. The van der Waals surface area contributed by atoms with Crippen molar-refractivity contribution in [3.05, 3.63) is 18.2 Å². The second-order valence-electron chi connectivity index (χ2n) is 4.94. The van der Waals surface area contributed by atoms with Crippen LogP contribution in [0.25, 0.3) is 0 Å². The SMILES string of the molecule is CCCn1cncc1CNC1CCCC1CO. The Kier molecular flexibility index (Phi) is 4.57. The molecule has 0 bridgehead atoms. The Balaban J connectivity index is 1.86. The van der Waals surface area contributed by atoms with E-state index in [9.17, 15) is 5.11 Å². The van der Waals surface area contributed by atoms with E-state index in [1.165, 1.54) is 18.5 Å². The third-order valence-electron chi connectivity index (χ3n) is 3.70. The van der Waals surface area contributed by atoms with E-state index in [1.54, 1.807) is 0 Å². The Bertz CT molecular complexity index is 337. The maximum Gasteiger partial charge on any atom is 0.0948 e. The Morgan fingerprint density at radius 3 is 3.18 bits per heavy atom. The van der Waals surface area contributed by atoms with Crippen molar-refractivity contribution in [3.8, 4) is 0 Å². The summed E-state index contributed by atoms with van der Waals surface area (Å²) >= 11 is 0. The van der Waals surface area contributed by atoms with Gasteiger partial charge in [-0.1, -0.05) is 13.3 Å². The van der Waals surface area contributed by atoms with Gasteiger partial charge in [-0.15, -0.1) is 0 Å². The summed E-state index contributed by atoms with van der Waals surface area (Å²) in [7, 11) is 0. The first-order chi connectivity index (χ1) is 8.35. The summed E-state index contributed by atoms with van der Waals surface area (Å²) in [4.78, 5) is 4.20. The number of aliphatic hydroxyl groups is 1. The zero-order valence-corrected chi connectivity index (χ0v) is 10.6. The summed E-state index contributed by atoms with van der Waals surface area (Å²) in [5, 5.41) is 12.8. The van der Waals surface area contributed by atoms with Crippen molar-refractivity contribution in [1.29, 1.82) is 0 Å². The van der Waals surface area contributed by atoms with Gasteiger partial charge in [0.15, 0.2) is 0 Å². The van der Waals surface area contributed by atoms with Crippen LogP contribution in [0, 0.1) is 5.92 Å². The van der Waals surface area contributed by atoms with Crippen LogP contribution in [0.3, 0.4) is 0 Å². The standard InChI is InChI=1S/C13H23N3O/c1-2-6-16-10-14-7-12(16)8-15-13-5-3-4-11(13)9-17/h7,10-11,13,15,17H,2-6,8-9H2,1H3. The first-order valence-electron chi connectivity index (χ1n) is 6.68. The highest BCUT2D eigenvalue weighted by Gasteiger charge is 2.26. The molecule has 2 atom stereocenters. The summed E-state index contributed by atoms with van der Waals surface area (Å²) in [5.74, 6) is 0.442. The molecule has 1 aromatic heterocycles. The number of aryl methyl sites for hydroxylation is 1. The minimum atomic E-state index is 0.311. The number of nitrogens with zero attached hydrogens (tertiary/aromatic N) is 2. The van der Waals surface area contributed by atoms with Gasteiger partial charge in [0, 0.05) is 31.9 Å². The Labute approximate surface area is 103 Å². The predicted molar refractivity (Wildman–Crippen MR) is 67.6 cm³/mol. The van der Waals surface area contributed by atoms with Crippen molar-refractivity contribution in [2.75, 3.05) is 6.61 Å². The largest absolute Gasteiger partial charge is 0.396 e. The minimum Gasteiger partial charge on any atom is -0.396 e. The normalized spacial score (nSPS) is 24.4. The predicted octanol–water partition coefficient (Wildman–Crippen LogP) is 1.54. The van der Waals surface area contributed by atoms with Crippen LogP contribution in [0.2, 0.25) is 0 Å². The van der Waals surface area contributed by atoms with E-state index in [2.05, 4.69) is 21.8 Å². The topological polar surface area (TPSA) is 50.1 Å². The molecule has 1 fully saturated rings. The first-order valence-corrected chi connectivity index (χ1v) is 6.68. The average molecular weight is 237 g/mol. The van der Waals surface area contributed by atoms with E-state index in [-0.39, 0.29) is 0 Å². The fourth-order valence-corrected chi connectivity index (χ4v) is 2.70. The molecule has 17 heavy (non-hydrogen) atoms. The molecule has 1 heterocycles. The molecule has 1 saturated carbocycles. The van der Waals surface area contributed by atoms with Crippen LogP contribution < -0.4 is 5.32 Å². The van der Waals surface area contributed by atoms with Crippen LogP contribution in [-0.2, 0) is 13.1 Å². The number of nitrogens with one attached hydrogen (secondary N) is 1. The van der Waals surface area contributed by atoms with Gasteiger partial charge < -0.3 is 15.0 Å². The van der Waals surface area contributed by atoms with E-state index >= 15 is 0 Å². The fraction of sp³-hybridized carbons (Fsp3) is 0.769. The maximum absolute atomic E-state index is 9.27. The molecule has 0 radical (unpaired) electrons. The smallest absolute Gasteiger partial charge is 0.0948 e. The van der Waals surface area contributed by atoms with Crippen LogP contribution in [0.15, 0.2) is 12.5 Å². The van der Waals surface area contributed by atoms with Crippen LogP contribution in [0.1, 0.15) is 38.3 Å². The summed E-state index contributed by atoms with van der Waals surface area (Å²) in [6.07, 6.45) is 8.54. The highest BCUT2D eigenvalue weighted by Crippen LogP contribution is 2.25. The molecule has 0 saturated heterocycles. The lowest BCUT2D eigenvalue weighted by atomic mass is 10.1. The molecule has 96 valence electrons. The van der Waals surface area contributed by atoms with Gasteiger partial charge in [-0.2, -0.15) is 0 Å². The van der Waals surface area contributed by atoms with Gasteiger partial charge in [0.05, 0.1) is 12.0 Å². The van der Waals surface area contributed by atoms with Gasteiger partial charge in [0.2, 0.25) is 0 Å². The van der Waals surface area contributed by atoms with Crippen molar-refractivity contribution in [2.24, 2.45) is 5.92 Å². The van der Waals surface area contributed by atoms with Crippen molar-refractivity contribution >= 4 is 0 Å². The Morgan fingerprint density at radius 1 is 1.53 bits per heavy atom. The van der Waals surface area contributed by atoms with Crippen LogP contribution in [0.5, 0.6) is 0 Å². The average Bonchev–Trinajstić information content (AvgIpc) is 2.95. The second-order valence-corrected chi connectivity index (χ2v) is 4.94. The van der Waals surface area contributed by atoms with E-state index in [0.29, 0.717) is 18.6 Å². The molecule has 0 amide bonds. The molecule has 0 aliphatic heterocycles. The number of rotatable bonds is 6. The van der Waals surface area contributed by atoms with Crippen molar-refractivity contribution in [3.63, 3.8) is 0 Å². The summed E-state index contributed by atoms with van der Waals surface area (Å²) in [6.45, 7) is 4.38. The molecule has 4 nitrogen and oxygen atoms in total. The zero-order chi connectivity index (χ0) is 12.1. The van der Waals surface area contributed by atoms with Crippen molar-refractivity contribution in [2.45, 2.75) is 51.7 Å². The first kappa shape index (κ1) is 12.6. The fourth-order valence-electron chi connectivity index (χ4n) is 2.70. The van der Waals surface area contributed by atoms with Crippen LogP contribution in [-0.4, -0.2) is 27.3 Å². The van der Waals surface area contributed by atoms with Gasteiger partial charge in [-0.05, 0) is 25.2 Å². The van der Waals surface area contributed by atoms with Gasteiger partial charge in [-0.3, -0.25) is 0 Å². The van der Waals surface area contributed by atoms with Crippen molar-refractivity contribution in [1.82, 2.24) is 14.9 Å². The molecule has 1 aliphatic rings. The number of aromatic nitrogens is 2. The minimum absolute atomic E-state index is 0.311. The third-order valence-corrected chi connectivity index (χ3v) is 3.70. The second kappa shape index (κ2) is 6.17. The highest BCUT2D eigenvalue weighted by atomic mass is 16.3. The van der Waals surface area contributed by atoms with Gasteiger partial charge in [0.1, 0.15) is 0 Å². The monoisotopic (exact) mass is 237 g/mol. The van der Waals surface area contributed by atoms with E-state index in [1.807, 2.05) is 12.5 Å². The molecule has 2 rings (SSSR count). The van der Waals surface area contributed by atoms with E-state index in [0.717, 1.165) is 25.9 Å². The molecule has 0 spiro atoms. The van der Waals surface area contributed by atoms with Gasteiger partial charge in [0.25, 0.3) is 0 Å². The molecule has 0 aromatic carbocycles. The molecule has 2 unspecified atom stereocenters. The van der Waals surface area contributed by atoms with E-state index in [4.69, 9.17) is 0 Å². The lowest BCUT2D eigenvalue weighted by Gasteiger charge is -2.19. The third kappa shape index (κ3) is 3.07. The molecule has 2 N–H and O–H groups in total. The van der Waals surface area contributed by atoms with Gasteiger partial charge in [-0.25, -0.2) is 4.98 Å². The van der Waals surface area contributed by atoms with E-state index < -0.39 is 0 Å². The zero-order valence-electron chi connectivity index (χ0n) is 10.6.